The summed E-state index contributed by atoms with van der Waals surface area (Å²) in [5.74, 6) is -0.113. The Hall–Kier alpha value is -3.40. The molecule has 0 bridgehead atoms. The Labute approximate surface area is 218 Å². The average Bonchev–Trinajstić information content (AvgIpc) is 2.86. The third-order valence-corrected chi connectivity index (χ3v) is 8.48. The molecule has 0 atom stereocenters. The largest absolute Gasteiger partial charge is 0.325 e. The Morgan fingerprint density at radius 2 is 1.83 bits per heavy atom. The maximum atomic E-state index is 13.6. The van der Waals surface area contributed by atoms with E-state index in [9.17, 15) is 13.2 Å². The van der Waals surface area contributed by atoms with Crippen molar-refractivity contribution in [2.24, 2.45) is 0 Å². The Morgan fingerprint density at radius 1 is 1.06 bits per heavy atom. The van der Waals surface area contributed by atoms with Crippen LogP contribution in [0.1, 0.15) is 11.1 Å². The summed E-state index contributed by atoms with van der Waals surface area (Å²) in [6, 6.07) is 21.8. The van der Waals surface area contributed by atoms with Gasteiger partial charge in [-0.3, -0.25) is 9.10 Å². The van der Waals surface area contributed by atoms with Crippen molar-refractivity contribution >= 4 is 50.7 Å². The van der Waals surface area contributed by atoms with E-state index in [0.29, 0.717) is 32.8 Å². The number of nitrogens with one attached hydrogen (secondary N) is 1. The van der Waals surface area contributed by atoms with Crippen LogP contribution in [0.5, 0.6) is 0 Å². The minimum absolute atomic E-state index is 0.0312. The van der Waals surface area contributed by atoms with Gasteiger partial charge < -0.3 is 5.32 Å². The normalized spacial score (nSPS) is 13.6. The number of hydrogen-bond donors (Lipinski definition) is 1. The molecule has 0 aliphatic carbocycles. The van der Waals surface area contributed by atoms with Crippen LogP contribution in [0, 0.1) is 6.92 Å². The average molecular weight is 537 g/mol. The standard InChI is InChI=1S/C26H21ClN4O3S2/c1-17-5-4-6-20(13-17)29-24(32)16-35-26-28-14-23-25(30-26)21-7-2-3-8-22(21)31(36(23,33)34)15-18-9-11-19(27)12-10-18/h2-14H,15-16H2,1H3,(H,29,32). The summed E-state index contributed by atoms with van der Waals surface area (Å²) in [6.45, 7) is 2.10. The van der Waals surface area contributed by atoms with Gasteiger partial charge >= 0.3 is 0 Å². The highest BCUT2D eigenvalue weighted by atomic mass is 35.5. The molecule has 1 amide bonds. The van der Waals surface area contributed by atoms with Crippen molar-refractivity contribution in [1.82, 2.24) is 9.97 Å². The second-order valence-corrected chi connectivity index (χ2v) is 11.4. The highest BCUT2D eigenvalue weighted by molar-refractivity contribution is 7.99. The molecule has 10 heteroatoms. The van der Waals surface area contributed by atoms with E-state index in [2.05, 4.69) is 15.3 Å². The van der Waals surface area contributed by atoms with E-state index in [4.69, 9.17) is 11.6 Å². The summed E-state index contributed by atoms with van der Waals surface area (Å²) >= 11 is 7.14. The second-order valence-electron chi connectivity index (χ2n) is 8.23. The first-order valence-corrected chi connectivity index (χ1v) is 13.8. The van der Waals surface area contributed by atoms with Crippen molar-refractivity contribution in [3.05, 3.63) is 95.1 Å². The van der Waals surface area contributed by atoms with Crippen molar-refractivity contribution in [2.75, 3.05) is 15.4 Å². The topological polar surface area (TPSA) is 92.3 Å². The molecule has 1 aliphatic heterocycles. The molecule has 36 heavy (non-hydrogen) atoms. The molecule has 182 valence electrons. The number of nitrogens with zero attached hydrogens (tertiary/aromatic N) is 3. The van der Waals surface area contributed by atoms with E-state index in [-0.39, 0.29) is 23.1 Å². The number of thioether (sulfide) groups is 1. The SMILES string of the molecule is Cc1cccc(NC(=O)CSc2ncc3c(n2)-c2ccccc2N(Cc2ccc(Cl)cc2)S3(=O)=O)c1. The number of halogens is 1. The number of aryl methyl sites for hydroxylation is 1. The lowest BCUT2D eigenvalue weighted by molar-refractivity contribution is -0.113. The quantitative estimate of drug-likeness (QED) is 0.257. The number of hydrogen-bond acceptors (Lipinski definition) is 6. The molecule has 0 fully saturated rings. The van der Waals surface area contributed by atoms with E-state index < -0.39 is 10.0 Å². The summed E-state index contributed by atoms with van der Waals surface area (Å²) < 4.78 is 28.6. The fraction of sp³-hybridized carbons (Fsp3) is 0.115. The van der Waals surface area contributed by atoms with Crippen LogP contribution in [0.4, 0.5) is 11.4 Å². The molecular weight excluding hydrogens is 516 g/mol. The number of benzene rings is 3. The van der Waals surface area contributed by atoms with Gasteiger partial charge in [0.2, 0.25) is 5.91 Å². The number of carbonyl (C=O) groups excluding carboxylic acids is 1. The molecule has 4 aromatic rings. The van der Waals surface area contributed by atoms with Crippen molar-refractivity contribution in [3.63, 3.8) is 0 Å². The Bertz CT molecular complexity index is 1560. The number of aromatic nitrogens is 2. The maximum Gasteiger partial charge on any atom is 0.268 e. The van der Waals surface area contributed by atoms with Crippen LogP contribution in [-0.2, 0) is 21.4 Å². The summed E-state index contributed by atoms with van der Waals surface area (Å²) in [5.41, 5.74) is 4.11. The first-order chi connectivity index (χ1) is 17.3. The number of amides is 1. The van der Waals surface area contributed by atoms with Crippen molar-refractivity contribution in [2.45, 2.75) is 23.5 Å². The molecule has 0 saturated carbocycles. The van der Waals surface area contributed by atoms with Gasteiger partial charge in [-0.2, -0.15) is 0 Å². The molecular formula is C26H21ClN4O3S2. The first-order valence-electron chi connectivity index (χ1n) is 11.0. The van der Waals surface area contributed by atoms with Gasteiger partial charge in [-0.05, 0) is 48.4 Å². The molecule has 0 radical (unpaired) electrons. The Morgan fingerprint density at radius 3 is 2.61 bits per heavy atom. The number of para-hydroxylation sites is 1. The molecule has 2 heterocycles. The molecule has 0 unspecified atom stereocenters. The van der Waals surface area contributed by atoms with Crippen molar-refractivity contribution in [3.8, 4) is 11.3 Å². The molecule has 1 N–H and O–H groups in total. The van der Waals surface area contributed by atoms with Crippen LogP contribution in [-0.4, -0.2) is 30.0 Å². The van der Waals surface area contributed by atoms with Gasteiger partial charge in [-0.25, -0.2) is 18.4 Å². The predicted molar refractivity (Wildman–Crippen MR) is 143 cm³/mol. The van der Waals surface area contributed by atoms with Gasteiger partial charge in [0.1, 0.15) is 4.90 Å². The van der Waals surface area contributed by atoms with Crippen LogP contribution in [0.2, 0.25) is 5.02 Å². The predicted octanol–water partition coefficient (Wildman–Crippen LogP) is 5.55. The fourth-order valence-electron chi connectivity index (χ4n) is 3.92. The number of rotatable bonds is 6. The van der Waals surface area contributed by atoms with Crippen LogP contribution in [0.25, 0.3) is 11.3 Å². The van der Waals surface area contributed by atoms with Gasteiger partial charge in [0.15, 0.2) is 5.16 Å². The van der Waals surface area contributed by atoms with E-state index in [1.807, 2.05) is 43.3 Å². The minimum Gasteiger partial charge on any atom is -0.325 e. The molecule has 3 aromatic carbocycles. The molecule has 7 nitrogen and oxygen atoms in total. The number of carbonyl (C=O) groups is 1. The van der Waals surface area contributed by atoms with Gasteiger partial charge in [-0.1, -0.05) is 65.8 Å². The number of sulfonamides is 1. The Balaban J connectivity index is 1.41. The Kier molecular flexibility index (Phi) is 6.70. The number of anilines is 2. The zero-order valence-corrected chi connectivity index (χ0v) is 21.6. The zero-order valence-electron chi connectivity index (χ0n) is 19.2. The monoisotopic (exact) mass is 536 g/mol. The summed E-state index contributed by atoms with van der Waals surface area (Å²) in [4.78, 5) is 21.3. The summed E-state index contributed by atoms with van der Waals surface area (Å²) in [7, 11) is -3.91. The molecule has 1 aliphatic rings. The van der Waals surface area contributed by atoms with Gasteiger partial charge in [0.05, 0.1) is 29.9 Å². The van der Waals surface area contributed by atoms with Crippen LogP contribution < -0.4 is 9.62 Å². The van der Waals surface area contributed by atoms with Crippen molar-refractivity contribution in [1.29, 1.82) is 0 Å². The van der Waals surface area contributed by atoms with Gasteiger partial charge in [0.25, 0.3) is 10.0 Å². The zero-order chi connectivity index (χ0) is 25.3. The first kappa shape index (κ1) is 24.3. The summed E-state index contributed by atoms with van der Waals surface area (Å²) in [5, 5.41) is 3.75. The molecule has 5 rings (SSSR count). The van der Waals surface area contributed by atoms with Crippen molar-refractivity contribution < 1.29 is 13.2 Å². The second kappa shape index (κ2) is 9.93. The van der Waals surface area contributed by atoms with E-state index in [1.165, 1.54) is 10.5 Å². The molecule has 1 aromatic heterocycles. The van der Waals surface area contributed by atoms with Gasteiger partial charge in [0, 0.05) is 16.3 Å². The highest BCUT2D eigenvalue weighted by Crippen LogP contribution is 2.42. The maximum absolute atomic E-state index is 13.6. The molecule has 0 saturated heterocycles. The van der Waals surface area contributed by atoms with Crippen LogP contribution in [0.3, 0.4) is 0 Å². The lowest BCUT2D eigenvalue weighted by Gasteiger charge is -2.31. The van der Waals surface area contributed by atoms with Crippen LogP contribution >= 0.6 is 23.4 Å². The smallest absolute Gasteiger partial charge is 0.268 e. The van der Waals surface area contributed by atoms with Crippen LogP contribution in [0.15, 0.2) is 89.0 Å². The highest BCUT2D eigenvalue weighted by Gasteiger charge is 2.36. The molecule has 0 spiro atoms. The lowest BCUT2D eigenvalue weighted by atomic mass is 10.1. The summed E-state index contributed by atoms with van der Waals surface area (Å²) in [6.07, 6.45) is 1.32. The van der Waals surface area contributed by atoms with E-state index >= 15 is 0 Å². The number of fused-ring (bicyclic) bond motifs is 3. The lowest BCUT2D eigenvalue weighted by Crippen LogP contribution is -2.34. The fourth-order valence-corrected chi connectivity index (χ4v) is 6.22. The van der Waals surface area contributed by atoms with E-state index in [1.54, 1.807) is 36.4 Å². The third-order valence-electron chi connectivity index (χ3n) is 5.60. The minimum atomic E-state index is -3.91. The van der Waals surface area contributed by atoms with Gasteiger partial charge in [-0.15, -0.1) is 0 Å². The van der Waals surface area contributed by atoms with E-state index in [0.717, 1.165) is 22.9 Å². The third kappa shape index (κ3) is 4.95.